The highest BCUT2D eigenvalue weighted by Gasteiger charge is 2.31. The Kier molecular flexibility index (Phi) is 4.89. The minimum Gasteiger partial charge on any atom is -0.481 e. The Bertz CT molecular complexity index is 372. The fourth-order valence-electron chi connectivity index (χ4n) is 3.43. The van der Waals surface area contributed by atoms with Crippen LogP contribution in [0.4, 0.5) is 4.79 Å². The Morgan fingerprint density at radius 3 is 2.05 bits per heavy atom. The zero-order chi connectivity index (χ0) is 14.7. The van der Waals surface area contributed by atoms with Crippen LogP contribution in [-0.4, -0.2) is 29.2 Å². The van der Waals surface area contributed by atoms with Gasteiger partial charge in [-0.2, -0.15) is 0 Å². The number of carboxylic acids is 1. The van der Waals surface area contributed by atoms with Crippen LogP contribution in [0.2, 0.25) is 0 Å². The summed E-state index contributed by atoms with van der Waals surface area (Å²) in [7, 11) is 0. The first kappa shape index (κ1) is 15.1. The Morgan fingerprint density at radius 1 is 0.900 bits per heavy atom. The molecule has 2 saturated carbocycles. The molecule has 2 aliphatic rings. The van der Waals surface area contributed by atoms with Gasteiger partial charge >= 0.3 is 12.0 Å². The van der Waals surface area contributed by atoms with Gasteiger partial charge in [0, 0.05) is 12.1 Å². The zero-order valence-electron chi connectivity index (χ0n) is 12.4. The fourth-order valence-corrected chi connectivity index (χ4v) is 3.43. The van der Waals surface area contributed by atoms with E-state index in [9.17, 15) is 9.59 Å². The minimum atomic E-state index is -0.746. The van der Waals surface area contributed by atoms with E-state index in [1.165, 1.54) is 0 Å². The SMILES string of the molecule is CC1CCC(NC(=O)N[C@H]2CC[C@@H](C(=O)O)C2)CC1C. The summed E-state index contributed by atoms with van der Waals surface area (Å²) in [5.41, 5.74) is 0. The molecule has 0 aliphatic heterocycles. The maximum absolute atomic E-state index is 12.0. The Balaban J connectivity index is 1.72. The number of carboxylic acid groups (broad SMARTS) is 1. The lowest BCUT2D eigenvalue weighted by Gasteiger charge is -2.32. The van der Waals surface area contributed by atoms with Crippen LogP contribution < -0.4 is 10.6 Å². The van der Waals surface area contributed by atoms with Gasteiger partial charge in [-0.1, -0.05) is 13.8 Å². The number of aliphatic carboxylic acids is 1. The second kappa shape index (κ2) is 6.46. The maximum Gasteiger partial charge on any atom is 0.315 e. The van der Waals surface area contributed by atoms with Crippen LogP contribution in [0.3, 0.4) is 0 Å². The molecule has 0 heterocycles. The molecule has 3 N–H and O–H groups in total. The molecule has 5 atom stereocenters. The molecule has 0 bridgehead atoms. The Labute approximate surface area is 120 Å². The number of amides is 2. The molecule has 114 valence electrons. The van der Waals surface area contributed by atoms with Crippen molar-refractivity contribution in [1.82, 2.24) is 10.6 Å². The number of rotatable bonds is 3. The first-order valence-electron chi connectivity index (χ1n) is 7.75. The average molecular weight is 282 g/mol. The molecule has 5 nitrogen and oxygen atoms in total. The summed E-state index contributed by atoms with van der Waals surface area (Å²) in [6.07, 6.45) is 5.23. The molecule has 2 rings (SSSR count). The van der Waals surface area contributed by atoms with Gasteiger partial charge in [-0.3, -0.25) is 4.79 Å². The quantitative estimate of drug-likeness (QED) is 0.743. The molecule has 0 spiro atoms. The number of carbonyl (C=O) groups excluding carboxylic acids is 1. The van der Waals surface area contributed by atoms with Crippen LogP contribution in [0.5, 0.6) is 0 Å². The number of nitrogens with one attached hydrogen (secondary N) is 2. The van der Waals surface area contributed by atoms with Crippen molar-refractivity contribution in [1.29, 1.82) is 0 Å². The summed E-state index contributed by atoms with van der Waals surface area (Å²) < 4.78 is 0. The molecule has 3 unspecified atom stereocenters. The molecule has 2 aliphatic carbocycles. The van der Waals surface area contributed by atoms with E-state index < -0.39 is 5.97 Å². The van der Waals surface area contributed by atoms with Crippen molar-refractivity contribution < 1.29 is 14.7 Å². The van der Waals surface area contributed by atoms with Crippen molar-refractivity contribution in [2.75, 3.05) is 0 Å². The first-order valence-corrected chi connectivity index (χ1v) is 7.75. The van der Waals surface area contributed by atoms with Crippen molar-refractivity contribution >= 4 is 12.0 Å². The van der Waals surface area contributed by atoms with Gasteiger partial charge in [-0.05, 0) is 50.4 Å². The topological polar surface area (TPSA) is 78.4 Å². The highest BCUT2D eigenvalue weighted by Crippen LogP contribution is 2.29. The van der Waals surface area contributed by atoms with Gasteiger partial charge in [0.25, 0.3) is 0 Å². The van der Waals surface area contributed by atoms with Gasteiger partial charge in [0.15, 0.2) is 0 Å². The lowest BCUT2D eigenvalue weighted by Crippen LogP contribution is -2.47. The molecule has 0 radical (unpaired) electrons. The number of carbonyl (C=O) groups is 2. The molecule has 0 aromatic heterocycles. The monoisotopic (exact) mass is 282 g/mol. The lowest BCUT2D eigenvalue weighted by atomic mass is 9.79. The highest BCUT2D eigenvalue weighted by molar-refractivity contribution is 5.75. The molecule has 20 heavy (non-hydrogen) atoms. The van der Waals surface area contributed by atoms with Gasteiger partial charge in [0.2, 0.25) is 0 Å². The number of urea groups is 1. The van der Waals surface area contributed by atoms with Crippen molar-refractivity contribution in [3.63, 3.8) is 0 Å². The minimum absolute atomic E-state index is 0.0102. The summed E-state index contributed by atoms with van der Waals surface area (Å²) in [6, 6.07) is 0.140. The summed E-state index contributed by atoms with van der Waals surface area (Å²) in [4.78, 5) is 22.9. The predicted octanol–water partition coefficient (Wildman–Crippen LogP) is 2.36. The van der Waals surface area contributed by atoms with E-state index in [4.69, 9.17) is 5.11 Å². The van der Waals surface area contributed by atoms with E-state index in [1.54, 1.807) is 0 Å². The Hall–Kier alpha value is -1.26. The second-order valence-electron chi connectivity index (χ2n) is 6.63. The van der Waals surface area contributed by atoms with Crippen LogP contribution in [0.15, 0.2) is 0 Å². The van der Waals surface area contributed by atoms with Crippen LogP contribution in [0, 0.1) is 17.8 Å². The lowest BCUT2D eigenvalue weighted by molar-refractivity contribution is -0.141. The Morgan fingerprint density at radius 2 is 1.50 bits per heavy atom. The molecule has 0 aromatic rings. The molecule has 5 heteroatoms. The first-order chi connectivity index (χ1) is 9.45. The van der Waals surface area contributed by atoms with Crippen molar-refractivity contribution in [2.45, 2.75) is 64.5 Å². The number of hydrogen-bond acceptors (Lipinski definition) is 2. The summed E-state index contributed by atoms with van der Waals surface area (Å²) >= 11 is 0. The molecular weight excluding hydrogens is 256 g/mol. The van der Waals surface area contributed by atoms with E-state index in [0.29, 0.717) is 18.8 Å². The second-order valence-corrected chi connectivity index (χ2v) is 6.63. The van der Waals surface area contributed by atoms with Gasteiger partial charge in [-0.25, -0.2) is 4.79 Å². The third kappa shape index (κ3) is 3.87. The normalized spacial score (nSPS) is 37.4. The summed E-state index contributed by atoms with van der Waals surface area (Å²) in [5.74, 6) is 0.347. The third-order valence-corrected chi connectivity index (χ3v) is 5.05. The fraction of sp³-hybridized carbons (Fsp3) is 0.867. The molecule has 2 fully saturated rings. The van der Waals surface area contributed by atoms with Crippen LogP contribution in [0.1, 0.15) is 52.4 Å². The van der Waals surface area contributed by atoms with Gasteiger partial charge in [0.05, 0.1) is 5.92 Å². The molecule has 2 amide bonds. The van der Waals surface area contributed by atoms with E-state index >= 15 is 0 Å². The van der Waals surface area contributed by atoms with Gasteiger partial charge in [-0.15, -0.1) is 0 Å². The smallest absolute Gasteiger partial charge is 0.315 e. The average Bonchev–Trinajstić information content (AvgIpc) is 2.82. The van der Waals surface area contributed by atoms with Crippen molar-refractivity contribution in [3.8, 4) is 0 Å². The van der Waals surface area contributed by atoms with Crippen LogP contribution >= 0.6 is 0 Å². The standard InChI is InChI=1S/C15H26N2O3/c1-9-3-5-12(7-10(9)2)16-15(20)17-13-6-4-11(8-13)14(18)19/h9-13H,3-8H2,1-2H3,(H,18,19)(H2,16,17,20)/t9?,10?,11-,12?,13+/m1/s1. The predicted molar refractivity (Wildman–Crippen MR) is 76.4 cm³/mol. The third-order valence-electron chi connectivity index (χ3n) is 5.05. The summed E-state index contributed by atoms with van der Waals surface area (Å²) in [6.45, 7) is 4.51. The highest BCUT2D eigenvalue weighted by atomic mass is 16.4. The van der Waals surface area contributed by atoms with Crippen molar-refractivity contribution in [3.05, 3.63) is 0 Å². The molecular formula is C15H26N2O3. The van der Waals surface area contributed by atoms with Crippen LogP contribution in [-0.2, 0) is 4.79 Å². The van der Waals surface area contributed by atoms with E-state index in [1.807, 2.05) is 0 Å². The van der Waals surface area contributed by atoms with E-state index in [-0.39, 0.29) is 24.0 Å². The molecule has 0 saturated heterocycles. The maximum atomic E-state index is 12.0. The largest absolute Gasteiger partial charge is 0.481 e. The van der Waals surface area contributed by atoms with E-state index in [2.05, 4.69) is 24.5 Å². The zero-order valence-corrected chi connectivity index (χ0v) is 12.4. The van der Waals surface area contributed by atoms with Crippen molar-refractivity contribution in [2.24, 2.45) is 17.8 Å². The number of hydrogen-bond donors (Lipinski definition) is 3. The van der Waals surface area contributed by atoms with E-state index in [0.717, 1.165) is 31.6 Å². The molecule has 0 aromatic carbocycles. The van der Waals surface area contributed by atoms with Gasteiger partial charge in [0.1, 0.15) is 0 Å². The van der Waals surface area contributed by atoms with Crippen LogP contribution in [0.25, 0.3) is 0 Å². The van der Waals surface area contributed by atoms with Gasteiger partial charge < -0.3 is 15.7 Å². The summed E-state index contributed by atoms with van der Waals surface area (Å²) in [5, 5.41) is 14.9.